The van der Waals surface area contributed by atoms with Crippen LogP contribution in [-0.2, 0) is 10.0 Å². The maximum Gasteiger partial charge on any atom is 0.261 e. The first-order valence-corrected chi connectivity index (χ1v) is 14.7. The van der Waals surface area contributed by atoms with Crippen LogP contribution in [0.15, 0.2) is 79.1 Å². The summed E-state index contributed by atoms with van der Waals surface area (Å²) in [5.74, 6) is 0.386. The molecule has 41 heavy (non-hydrogen) atoms. The molecule has 2 heterocycles. The number of ether oxygens (including phenoxy) is 1. The number of aryl methyl sites for hydroxylation is 1. The van der Waals surface area contributed by atoms with Crippen LogP contribution >= 0.6 is 0 Å². The number of rotatable bonds is 11. The second-order valence-corrected chi connectivity index (χ2v) is 11.4. The molecule has 3 aromatic carbocycles. The van der Waals surface area contributed by atoms with E-state index in [0.29, 0.717) is 46.2 Å². The second-order valence-electron chi connectivity index (χ2n) is 9.58. The fourth-order valence-corrected chi connectivity index (χ4v) is 5.85. The molecule has 0 unspecified atom stereocenters. The average Bonchev–Trinajstić information content (AvgIpc) is 3.22. The van der Waals surface area contributed by atoms with Gasteiger partial charge in [0.2, 0.25) is 10.0 Å². The van der Waals surface area contributed by atoms with E-state index in [9.17, 15) is 18.0 Å². The summed E-state index contributed by atoms with van der Waals surface area (Å²) < 4.78 is 33.9. The van der Waals surface area contributed by atoms with Crippen molar-refractivity contribution in [2.75, 3.05) is 29.4 Å². The fourth-order valence-electron chi connectivity index (χ4n) is 4.61. The van der Waals surface area contributed by atoms with Crippen molar-refractivity contribution in [1.29, 1.82) is 0 Å². The minimum absolute atomic E-state index is 0.151. The average molecular weight is 572 g/mol. The first kappa shape index (κ1) is 27.8. The standard InChI is InChI=1S/C30H29N5O5S/c1-20-13-14-21(33-28-18-26(31-19-32-28)24-11-5-6-12-27(24)40-2)17-25(20)34-41(38,39)16-8-7-15-35-29(36)22-9-3-4-10-23(22)30(35)37/h3-6,9-14,17-19,34H,7-8,15-16H2,1-2H3,(H,31,32,33). The maximum atomic E-state index is 12.9. The van der Waals surface area contributed by atoms with Gasteiger partial charge >= 0.3 is 0 Å². The monoisotopic (exact) mass is 571 g/mol. The van der Waals surface area contributed by atoms with Crippen LogP contribution in [0.2, 0.25) is 0 Å². The Hall–Kier alpha value is -4.77. The van der Waals surface area contributed by atoms with E-state index in [1.54, 1.807) is 43.5 Å². The van der Waals surface area contributed by atoms with Gasteiger partial charge in [0.05, 0.1) is 35.4 Å². The molecule has 0 saturated heterocycles. The van der Waals surface area contributed by atoms with Crippen molar-refractivity contribution in [2.45, 2.75) is 19.8 Å². The molecule has 0 radical (unpaired) electrons. The van der Waals surface area contributed by atoms with Crippen molar-refractivity contribution in [3.63, 3.8) is 0 Å². The van der Waals surface area contributed by atoms with Gasteiger partial charge in [0.25, 0.3) is 11.8 Å². The van der Waals surface area contributed by atoms with Crippen molar-refractivity contribution < 1.29 is 22.7 Å². The summed E-state index contributed by atoms with van der Waals surface area (Å²) in [5.41, 5.74) is 4.10. The van der Waals surface area contributed by atoms with E-state index in [-0.39, 0.29) is 30.5 Å². The molecule has 1 aliphatic rings. The van der Waals surface area contributed by atoms with Crippen LogP contribution in [0.4, 0.5) is 17.2 Å². The molecule has 0 bridgehead atoms. The van der Waals surface area contributed by atoms with Gasteiger partial charge in [0.1, 0.15) is 17.9 Å². The number of amides is 2. The summed E-state index contributed by atoms with van der Waals surface area (Å²) in [7, 11) is -2.08. The van der Waals surface area contributed by atoms with Gasteiger partial charge in [0, 0.05) is 23.9 Å². The molecular weight excluding hydrogens is 542 g/mol. The van der Waals surface area contributed by atoms with Crippen molar-refractivity contribution in [3.8, 4) is 17.0 Å². The predicted octanol–water partition coefficient (Wildman–Crippen LogP) is 5.02. The Kier molecular flexibility index (Phi) is 7.97. The zero-order valence-corrected chi connectivity index (χ0v) is 23.4. The number of methoxy groups -OCH3 is 1. The number of benzene rings is 3. The second kappa shape index (κ2) is 11.8. The summed E-state index contributed by atoms with van der Waals surface area (Å²) >= 11 is 0. The molecule has 0 saturated carbocycles. The third kappa shape index (κ3) is 6.20. The topological polar surface area (TPSA) is 131 Å². The number of para-hydroxylation sites is 1. The summed E-state index contributed by atoms with van der Waals surface area (Å²) in [6.45, 7) is 1.98. The van der Waals surface area contributed by atoms with Crippen molar-refractivity contribution in [2.24, 2.45) is 0 Å². The van der Waals surface area contributed by atoms with Gasteiger partial charge in [-0.2, -0.15) is 0 Å². The largest absolute Gasteiger partial charge is 0.496 e. The van der Waals surface area contributed by atoms with Crippen LogP contribution in [-0.4, -0.2) is 54.5 Å². The van der Waals surface area contributed by atoms with Gasteiger partial charge in [-0.25, -0.2) is 18.4 Å². The fraction of sp³-hybridized carbons (Fsp3) is 0.200. The van der Waals surface area contributed by atoms with Gasteiger partial charge in [-0.15, -0.1) is 0 Å². The third-order valence-corrected chi connectivity index (χ3v) is 8.11. The van der Waals surface area contributed by atoms with E-state index < -0.39 is 10.0 Å². The molecule has 0 atom stereocenters. The molecule has 0 aliphatic carbocycles. The number of sulfonamides is 1. The number of carbonyl (C=O) groups is 2. The van der Waals surface area contributed by atoms with Gasteiger partial charge in [-0.3, -0.25) is 19.2 Å². The van der Waals surface area contributed by atoms with E-state index in [0.717, 1.165) is 11.1 Å². The number of aromatic nitrogens is 2. The van der Waals surface area contributed by atoms with Crippen molar-refractivity contribution in [3.05, 3.63) is 95.8 Å². The van der Waals surface area contributed by atoms with Gasteiger partial charge in [-0.1, -0.05) is 30.3 Å². The third-order valence-electron chi connectivity index (χ3n) is 6.75. The van der Waals surface area contributed by atoms with E-state index in [1.807, 2.05) is 43.3 Å². The number of hydrogen-bond donors (Lipinski definition) is 2. The van der Waals surface area contributed by atoms with E-state index in [4.69, 9.17) is 4.74 Å². The number of nitrogens with one attached hydrogen (secondary N) is 2. The minimum Gasteiger partial charge on any atom is -0.496 e. The highest BCUT2D eigenvalue weighted by atomic mass is 32.2. The summed E-state index contributed by atoms with van der Waals surface area (Å²) in [6, 6.07) is 21.4. The lowest BCUT2D eigenvalue weighted by Gasteiger charge is -2.15. The molecule has 2 N–H and O–H groups in total. The van der Waals surface area contributed by atoms with Gasteiger partial charge in [0.15, 0.2) is 0 Å². The van der Waals surface area contributed by atoms with Crippen molar-refractivity contribution in [1.82, 2.24) is 14.9 Å². The quantitative estimate of drug-likeness (QED) is 0.190. The van der Waals surface area contributed by atoms with Crippen molar-refractivity contribution >= 4 is 39.0 Å². The lowest BCUT2D eigenvalue weighted by molar-refractivity contribution is 0.0652. The Bertz CT molecular complexity index is 1690. The van der Waals surface area contributed by atoms with Crippen LogP contribution in [0.25, 0.3) is 11.3 Å². The normalized spacial score (nSPS) is 12.8. The molecule has 0 fully saturated rings. The Morgan fingerprint density at radius 3 is 2.24 bits per heavy atom. The predicted molar refractivity (Wildman–Crippen MR) is 157 cm³/mol. The SMILES string of the molecule is COc1ccccc1-c1cc(Nc2ccc(C)c(NS(=O)(=O)CCCCN3C(=O)c4ccccc4C3=O)c2)ncn1. The van der Waals surface area contributed by atoms with Crippen LogP contribution in [0.1, 0.15) is 39.1 Å². The van der Waals surface area contributed by atoms with E-state index >= 15 is 0 Å². The highest BCUT2D eigenvalue weighted by Gasteiger charge is 2.34. The molecule has 10 nitrogen and oxygen atoms in total. The molecule has 11 heteroatoms. The molecule has 4 aromatic rings. The maximum absolute atomic E-state index is 12.9. The Labute approximate surface area is 238 Å². The number of unbranched alkanes of at least 4 members (excludes halogenated alkanes) is 1. The number of hydrogen-bond acceptors (Lipinski definition) is 8. The minimum atomic E-state index is -3.68. The first-order chi connectivity index (χ1) is 19.8. The number of anilines is 3. The van der Waals surface area contributed by atoms with E-state index in [2.05, 4.69) is 20.0 Å². The van der Waals surface area contributed by atoms with Crippen LogP contribution < -0.4 is 14.8 Å². The highest BCUT2D eigenvalue weighted by Crippen LogP contribution is 2.30. The Balaban J connectivity index is 1.20. The molecule has 1 aliphatic heterocycles. The molecule has 1 aromatic heterocycles. The number of fused-ring (bicyclic) bond motifs is 1. The zero-order chi connectivity index (χ0) is 29.0. The summed E-state index contributed by atoms with van der Waals surface area (Å²) in [4.78, 5) is 34.9. The smallest absolute Gasteiger partial charge is 0.261 e. The molecule has 210 valence electrons. The van der Waals surface area contributed by atoms with Crippen LogP contribution in [0.3, 0.4) is 0 Å². The molecule has 5 rings (SSSR count). The van der Waals surface area contributed by atoms with Crippen LogP contribution in [0.5, 0.6) is 5.75 Å². The number of carbonyl (C=O) groups excluding carboxylic acids is 2. The molecular formula is C30H29N5O5S. The highest BCUT2D eigenvalue weighted by molar-refractivity contribution is 7.92. The lowest BCUT2D eigenvalue weighted by atomic mass is 10.1. The van der Waals surface area contributed by atoms with Gasteiger partial charge < -0.3 is 10.1 Å². The summed E-state index contributed by atoms with van der Waals surface area (Å²) in [6.07, 6.45) is 2.10. The lowest BCUT2D eigenvalue weighted by Crippen LogP contribution is -2.31. The first-order valence-electron chi connectivity index (χ1n) is 13.0. The summed E-state index contributed by atoms with van der Waals surface area (Å²) in [5, 5.41) is 3.21. The Morgan fingerprint density at radius 1 is 0.854 bits per heavy atom. The zero-order valence-electron chi connectivity index (χ0n) is 22.6. The van der Waals surface area contributed by atoms with Crippen LogP contribution in [0, 0.1) is 6.92 Å². The molecule has 0 spiro atoms. The number of nitrogens with zero attached hydrogens (tertiary/aromatic N) is 3. The van der Waals surface area contributed by atoms with E-state index in [1.165, 1.54) is 11.2 Å². The Morgan fingerprint density at radius 2 is 1.54 bits per heavy atom. The molecule has 2 amide bonds. The number of imide groups is 1. The van der Waals surface area contributed by atoms with Gasteiger partial charge in [-0.05, 0) is 61.7 Å².